The Morgan fingerprint density at radius 2 is 1.78 bits per heavy atom. The highest BCUT2D eigenvalue weighted by atomic mass is 32.2. The molecule has 0 unspecified atom stereocenters. The summed E-state index contributed by atoms with van der Waals surface area (Å²) in [5, 5.41) is 11.7. The summed E-state index contributed by atoms with van der Waals surface area (Å²) < 4.78 is 26.3. The number of amides is 1. The molecule has 2 rings (SSSR count). The van der Waals surface area contributed by atoms with Gasteiger partial charge in [0.15, 0.2) is 0 Å². The van der Waals surface area contributed by atoms with E-state index in [0.29, 0.717) is 12.8 Å². The van der Waals surface area contributed by atoms with Gasteiger partial charge in [-0.3, -0.25) is 9.59 Å². The first kappa shape index (κ1) is 17.4. The fraction of sp³-hybridized carbons (Fsp3) is 0.467. The van der Waals surface area contributed by atoms with Crippen LogP contribution in [0.3, 0.4) is 0 Å². The second kappa shape index (κ2) is 7.10. The van der Waals surface area contributed by atoms with Crippen LogP contribution in [0.1, 0.15) is 25.7 Å². The minimum Gasteiger partial charge on any atom is -0.481 e. The smallest absolute Gasteiger partial charge is 0.310 e. The van der Waals surface area contributed by atoms with Gasteiger partial charge in [0.05, 0.1) is 10.3 Å². The Balaban J connectivity index is 1.75. The molecule has 8 heteroatoms. The average molecular weight is 340 g/mol. The van der Waals surface area contributed by atoms with Crippen LogP contribution in [0.5, 0.6) is 0 Å². The van der Waals surface area contributed by atoms with E-state index < -0.39 is 21.4 Å². The van der Waals surface area contributed by atoms with E-state index in [0.717, 1.165) is 6.42 Å². The first-order valence-corrected chi connectivity index (χ1v) is 8.89. The van der Waals surface area contributed by atoms with Crippen LogP contribution < -0.4 is 10.0 Å². The van der Waals surface area contributed by atoms with Crippen LogP contribution in [0.15, 0.2) is 35.2 Å². The SMILES string of the molecule is O=C(CC1(C(=O)O)CCC1)NCCNS(=O)(=O)c1ccccc1. The lowest BCUT2D eigenvalue weighted by Gasteiger charge is -2.36. The number of benzene rings is 1. The summed E-state index contributed by atoms with van der Waals surface area (Å²) in [5.74, 6) is -1.31. The van der Waals surface area contributed by atoms with Gasteiger partial charge in [0, 0.05) is 19.5 Å². The number of carboxylic acids is 1. The summed E-state index contributed by atoms with van der Waals surface area (Å²) in [6, 6.07) is 7.93. The van der Waals surface area contributed by atoms with Crippen LogP contribution in [0.25, 0.3) is 0 Å². The molecule has 0 aliphatic heterocycles. The molecule has 0 aromatic heterocycles. The second-order valence-electron chi connectivity index (χ2n) is 5.68. The normalized spacial score (nSPS) is 16.3. The van der Waals surface area contributed by atoms with Crippen molar-refractivity contribution in [2.75, 3.05) is 13.1 Å². The molecule has 1 saturated carbocycles. The summed E-state index contributed by atoms with van der Waals surface area (Å²) in [5.41, 5.74) is -0.937. The van der Waals surface area contributed by atoms with Crippen molar-refractivity contribution in [3.05, 3.63) is 30.3 Å². The van der Waals surface area contributed by atoms with Crippen LogP contribution in [0, 0.1) is 5.41 Å². The van der Waals surface area contributed by atoms with Crippen molar-refractivity contribution in [3.8, 4) is 0 Å². The number of carboxylic acid groups (broad SMARTS) is 1. The summed E-state index contributed by atoms with van der Waals surface area (Å²) in [6.07, 6.45) is 1.77. The summed E-state index contributed by atoms with van der Waals surface area (Å²) in [6.45, 7) is 0.156. The average Bonchev–Trinajstić information content (AvgIpc) is 2.48. The van der Waals surface area contributed by atoms with Crippen LogP contribution in [0.2, 0.25) is 0 Å². The molecule has 1 amide bonds. The van der Waals surface area contributed by atoms with Gasteiger partial charge in [0.1, 0.15) is 0 Å². The van der Waals surface area contributed by atoms with Crippen molar-refractivity contribution in [3.63, 3.8) is 0 Å². The van der Waals surface area contributed by atoms with Crippen molar-refractivity contribution < 1.29 is 23.1 Å². The highest BCUT2D eigenvalue weighted by Gasteiger charge is 2.45. The molecule has 126 valence electrons. The second-order valence-corrected chi connectivity index (χ2v) is 7.44. The number of sulfonamides is 1. The molecule has 23 heavy (non-hydrogen) atoms. The van der Waals surface area contributed by atoms with Crippen molar-refractivity contribution in [1.82, 2.24) is 10.0 Å². The lowest BCUT2D eigenvalue weighted by molar-refractivity contribution is -0.157. The Morgan fingerprint density at radius 1 is 1.13 bits per heavy atom. The highest BCUT2D eigenvalue weighted by molar-refractivity contribution is 7.89. The van der Waals surface area contributed by atoms with Gasteiger partial charge in [-0.15, -0.1) is 0 Å². The van der Waals surface area contributed by atoms with Crippen molar-refractivity contribution >= 4 is 21.9 Å². The Morgan fingerprint density at radius 3 is 2.30 bits per heavy atom. The lowest BCUT2D eigenvalue weighted by Crippen LogP contribution is -2.43. The molecule has 0 spiro atoms. The minimum absolute atomic E-state index is 0.0447. The summed E-state index contributed by atoms with van der Waals surface area (Å²) >= 11 is 0. The number of rotatable bonds is 8. The van der Waals surface area contributed by atoms with Gasteiger partial charge in [-0.05, 0) is 25.0 Å². The fourth-order valence-corrected chi connectivity index (χ4v) is 3.56. The Bertz CT molecular complexity index is 668. The monoisotopic (exact) mass is 340 g/mol. The predicted octanol–water partition coefficient (Wildman–Crippen LogP) is 0.726. The molecule has 0 saturated heterocycles. The molecule has 1 aromatic carbocycles. The van der Waals surface area contributed by atoms with E-state index in [-0.39, 0.29) is 30.3 Å². The van der Waals surface area contributed by atoms with Crippen molar-refractivity contribution in [2.45, 2.75) is 30.6 Å². The van der Waals surface area contributed by atoms with Gasteiger partial charge in [-0.2, -0.15) is 0 Å². The molecule has 0 heterocycles. The largest absolute Gasteiger partial charge is 0.481 e. The number of hydrogen-bond donors (Lipinski definition) is 3. The highest BCUT2D eigenvalue weighted by Crippen LogP contribution is 2.44. The number of aliphatic carboxylic acids is 1. The van der Waals surface area contributed by atoms with E-state index in [2.05, 4.69) is 10.0 Å². The minimum atomic E-state index is -3.60. The van der Waals surface area contributed by atoms with E-state index in [1.165, 1.54) is 12.1 Å². The van der Waals surface area contributed by atoms with E-state index in [9.17, 15) is 18.0 Å². The first-order chi connectivity index (χ1) is 10.9. The van der Waals surface area contributed by atoms with E-state index in [1.54, 1.807) is 18.2 Å². The van der Waals surface area contributed by atoms with Gasteiger partial charge in [-0.25, -0.2) is 13.1 Å². The maximum atomic E-state index is 11.9. The van der Waals surface area contributed by atoms with Crippen LogP contribution >= 0.6 is 0 Å². The zero-order chi connectivity index (χ0) is 16.9. The number of carbonyl (C=O) groups is 2. The van der Waals surface area contributed by atoms with Gasteiger partial charge < -0.3 is 10.4 Å². The van der Waals surface area contributed by atoms with Gasteiger partial charge in [0.2, 0.25) is 15.9 Å². The Hall–Kier alpha value is -1.93. The molecular weight excluding hydrogens is 320 g/mol. The van der Waals surface area contributed by atoms with Crippen LogP contribution in [-0.2, 0) is 19.6 Å². The van der Waals surface area contributed by atoms with Gasteiger partial charge in [-0.1, -0.05) is 24.6 Å². The first-order valence-electron chi connectivity index (χ1n) is 7.41. The van der Waals surface area contributed by atoms with E-state index in [4.69, 9.17) is 5.11 Å². The third-order valence-corrected chi connectivity index (χ3v) is 5.53. The molecule has 1 aromatic rings. The standard InChI is InChI=1S/C15H20N2O5S/c18-13(11-15(14(19)20)7-4-8-15)16-9-10-17-23(21,22)12-5-2-1-3-6-12/h1-3,5-6,17H,4,7-11H2,(H,16,18)(H,19,20). The van der Waals surface area contributed by atoms with Crippen LogP contribution in [-0.4, -0.2) is 38.5 Å². The van der Waals surface area contributed by atoms with Crippen LogP contribution in [0.4, 0.5) is 0 Å². The quantitative estimate of drug-likeness (QED) is 0.604. The molecule has 3 N–H and O–H groups in total. The molecule has 0 atom stereocenters. The molecule has 1 aliphatic rings. The van der Waals surface area contributed by atoms with E-state index >= 15 is 0 Å². The third kappa shape index (κ3) is 4.29. The maximum absolute atomic E-state index is 11.9. The van der Waals surface area contributed by atoms with Crippen molar-refractivity contribution in [2.24, 2.45) is 5.41 Å². The molecule has 7 nitrogen and oxygen atoms in total. The number of carbonyl (C=O) groups excluding carboxylic acids is 1. The molecule has 1 fully saturated rings. The molecule has 0 radical (unpaired) electrons. The fourth-order valence-electron chi connectivity index (χ4n) is 2.51. The molecule has 0 bridgehead atoms. The Kier molecular flexibility index (Phi) is 5.38. The maximum Gasteiger partial charge on any atom is 0.310 e. The predicted molar refractivity (Wildman–Crippen MR) is 83.2 cm³/mol. The zero-order valence-electron chi connectivity index (χ0n) is 12.6. The summed E-state index contributed by atoms with van der Waals surface area (Å²) in [4.78, 5) is 23.1. The van der Waals surface area contributed by atoms with Crippen molar-refractivity contribution in [1.29, 1.82) is 0 Å². The lowest BCUT2D eigenvalue weighted by atomic mass is 9.66. The topological polar surface area (TPSA) is 113 Å². The van der Waals surface area contributed by atoms with Gasteiger partial charge >= 0.3 is 5.97 Å². The summed E-state index contributed by atoms with van der Waals surface area (Å²) in [7, 11) is -3.60. The molecule has 1 aliphatic carbocycles. The van der Waals surface area contributed by atoms with E-state index in [1.807, 2.05) is 0 Å². The number of nitrogens with one attached hydrogen (secondary N) is 2. The third-order valence-electron chi connectivity index (χ3n) is 4.06. The van der Waals surface area contributed by atoms with Gasteiger partial charge in [0.25, 0.3) is 0 Å². The Labute approximate surface area is 135 Å². The number of hydrogen-bond acceptors (Lipinski definition) is 4. The zero-order valence-corrected chi connectivity index (χ0v) is 13.4. The molecular formula is C15H20N2O5S.